The van der Waals surface area contributed by atoms with Crippen molar-refractivity contribution in [2.24, 2.45) is 0 Å². The van der Waals surface area contributed by atoms with Crippen LogP contribution in [0.5, 0.6) is 0 Å². The predicted octanol–water partition coefficient (Wildman–Crippen LogP) is 4.95. The summed E-state index contributed by atoms with van der Waals surface area (Å²) in [7, 11) is -3.93. The van der Waals surface area contributed by atoms with Crippen molar-refractivity contribution >= 4 is 37.5 Å². The molecule has 0 radical (unpaired) electrons. The van der Waals surface area contributed by atoms with E-state index in [0.717, 1.165) is 34.0 Å². The zero-order valence-corrected chi connectivity index (χ0v) is 22.0. The summed E-state index contributed by atoms with van der Waals surface area (Å²) in [5.41, 5.74) is 2.66. The molecule has 3 aromatic carbocycles. The first kappa shape index (κ1) is 25.4. The monoisotopic (exact) mass is 555 g/mol. The smallest absolute Gasteiger partial charge is 0.264 e. The van der Waals surface area contributed by atoms with Gasteiger partial charge in [-0.05, 0) is 67.4 Å². The van der Waals surface area contributed by atoms with Gasteiger partial charge in [-0.15, -0.1) is 0 Å². The van der Waals surface area contributed by atoms with Crippen LogP contribution in [0, 0.1) is 0 Å². The Morgan fingerprint density at radius 2 is 1.57 bits per heavy atom. The van der Waals surface area contributed by atoms with Gasteiger partial charge >= 0.3 is 0 Å². The molecule has 0 aliphatic carbocycles. The fourth-order valence-electron chi connectivity index (χ4n) is 4.29. The molecule has 8 heteroatoms. The van der Waals surface area contributed by atoms with Crippen LogP contribution in [0.4, 0.5) is 5.69 Å². The number of sulfonamides is 1. The molecule has 35 heavy (non-hydrogen) atoms. The second-order valence-electron chi connectivity index (χ2n) is 8.69. The number of anilines is 1. The van der Waals surface area contributed by atoms with E-state index in [4.69, 9.17) is 0 Å². The molecule has 0 bridgehead atoms. The van der Waals surface area contributed by atoms with Crippen LogP contribution >= 0.6 is 15.9 Å². The van der Waals surface area contributed by atoms with Gasteiger partial charge in [0.1, 0.15) is 6.54 Å². The lowest BCUT2D eigenvalue weighted by molar-refractivity contribution is -0.119. The Morgan fingerprint density at radius 3 is 2.29 bits per heavy atom. The van der Waals surface area contributed by atoms with E-state index in [1.54, 1.807) is 36.4 Å². The summed E-state index contributed by atoms with van der Waals surface area (Å²) in [6.07, 6.45) is 3.73. The van der Waals surface area contributed by atoms with Gasteiger partial charge in [0.25, 0.3) is 10.0 Å². The lowest BCUT2D eigenvalue weighted by atomic mass is 10.0. The van der Waals surface area contributed by atoms with Crippen molar-refractivity contribution < 1.29 is 13.2 Å². The van der Waals surface area contributed by atoms with Gasteiger partial charge in [0.05, 0.1) is 10.6 Å². The largest absolute Gasteiger partial charge is 0.350 e. The highest BCUT2D eigenvalue weighted by atomic mass is 79.9. The standard InChI is InChI=1S/C27H30BrN3O3S/c28-24-12-9-13-25(18-24)31(35(33,34)26-14-3-1-4-15-26)21-27(32)29-19-22-10-5-6-11-23(22)20-30-16-7-2-8-17-30/h1,3-6,9-15,18H,2,7-8,16-17,19-21H2,(H,29,32). The van der Waals surface area contributed by atoms with Crippen molar-refractivity contribution in [3.05, 3.63) is 94.5 Å². The van der Waals surface area contributed by atoms with Crippen LogP contribution in [0.25, 0.3) is 0 Å². The maximum Gasteiger partial charge on any atom is 0.264 e. The van der Waals surface area contributed by atoms with E-state index < -0.39 is 10.0 Å². The van der Waals surface area contributed by atoms with Crippen molar-refractivity contribution in [2.75, 3.05) is 23.9 Å². The molecule has 1 amide bonds. The van der Waals surface area contributed by atoms with E-state index in [2.05, 4.69) is 32.2 Å². The van der Waals surface area contributed by atoms with Crippen LogP contribution in [0.15, 0.2) is 88.2 Å². The van der Waals surface area contributed by atoms with Crippen LogP contribution in [0.2, 0.25) is 0 Å². The SMILES string of the molecule is O=C(CN(c1cccc(Br)c1)S(=O)(=O)c1ccccc1)NCc1ccccc1CN1CCCCC1. The van der Waals surface area contributed by atoms with Crippen LogP contribution in [-0.4, -0.2) is 38.9 Å². The number of carbonyl (C=O) groups excluding carboxylic acids is 1. The number of carbonyl (C=O) groups is 1. The fourth-order valence-corrected chi connectivity index (χ4v) is 6.11. The number of hydrogen-bond acceptors (Lipinski definition) is 4. The van der Waals surface area contributed by atoms with E-state index in [1.807, 2.05) is 24.3 Å². The van der Waals surface area contributed by atoms with Crippen LogP contribution < -0.4 is 9.62 Å². The molecule has 1 aliphatic rings. The number of halogens is 1. The van der Waals surface area contributed by atoms with Crippen molar-refractivity contribution in [2.45, 2.75) is 37.2 Å². The second kappa shape index (κ2) is 11.8. The fraction of sp³-hybridized carbons (Fsp3) is 0.296. The van der Waals surface area contributed by atoms with Crippen molar-refractivity contribution in [1.29, 1.82) is 0 Å². The maximum atomic E-state index is 13.5. The van der Waals surface area contributed by atoms with Crippen LogP contribution in [-0.2, 0) is 27.9 Å². The molecule has 1 saturated heterocycles. The number of likely N-dealkylation sites (tertiary alicyclic amines) is 1. The molecule has 0 saturated carbocycles. The molecule has 1 N–H and O–H groups in total. The minimum absolute atomic E-state index is 0.139. The lowest BCUT2D eigenvalue weighted by Gasteiger charge is -2.27. The number of hydrogen-bond donors (Lipinski definition) is 1. The number of nitrogens with one attached hydrogen (secondary N) is 1. The van der Waals surface area contributed by atoms with Crippen molar-refractivity contribution in [1.82, 2.24) is 10.2 Å². The van der Waals surface area contributed by atoms with Crippen molar-refractivity contribution in [3.63, 3.8) is 0 Å². The zero-order valence-electron chi connectivity index (χ0n) is 19.6. The van der Waals surface area contributed by atoms with E-state index >= 15 is 0 Å². The van der Waals surface area contributed by atoms with Gasteiger partial charge in [-0.25, -0.2) is 8.42 Å². The Labute approximate surface area is 216 Å². The van der Waals surface area contributed by atoms with Gasteiger partial charge < -0.3 is 5.32 Å². The predicted molar refractivity (Wildman–Crippen MR) is 143 cm³/mol. The normalized spacial score (nSPS) is 14.4. The summed E-state index contributed by atoms with van der Waals surface area (Å²) in [4.78, 5) is 15.6. The first-order valence-corrected chi connectivity index (χ1v) is 14.1. The Kier molecular flexibility index (Phi) is 8.59. The van der Waals surface area contributed by atoms with Gasteiger partial charge in [-0.2, -0.15) is 0 Å². The minimum atomic E-state index is -3.93. The summed E-state index contributed by atoms with van der Waals surface area (Å²) < 4.78 is 28.8. The second-order valence-corrected chi connectivity index (χ2v) is 11.5. The number of amides is 1. The average Bonchev–Trinajstić information content (AvgIpc) is 2.88. The molecule has 4 rings (SSSR count). The third-order valence-corrected chi connectivity index (χ3v) is 8.43. The minimum Gasteiger partial charge on any atom is -0.350 e. The van der Waals surface area contributed by atoms with Gasteiger partial charge in [0.15, 0.2) is 0 Å². The first-order chi connectivity index (χ1) is 16.9. The number of rotatable bonds is 9. The molecular weight excluding hydrogens is 526 g/mol. The Balaban J connectivity index is 1.49. The van der Waals surface area contributed by atoms with E-state index in [0.29, 0.717) is 12.2 Å². The summed E-state index contributed by atoms with van der Waals surface area (Å²) in [5, 5.41) is 2.94. The molecular formula is C27H30BrN3O3S. The van der Waals surface area contributed by atoms with Crippen LogP contribution in [0.1, 0.15) is 30.4 Å². The number of benzene rings is 3. The highest BCUT2D eigenvalue weighted by molar-refractivity contribution is 9.10. The Bertz CT molecular complexity index is 1250. The highest BCUT2D eigenvalue weighted by Crippen LogP contribution is 2.26. The Hall–Kier alpha value is -2.68. The summed E-state index contributed by atoms with van der Waals surface area (Å²) in [6, 6.07) is 23.2. The average molecular weight is 557 g/mol. The molecule has 1 heterocycles. The van der Waals surface area contributed by atoms with E-state index in [9.17, 15) is 13.2 Å². The van der Waals surface area contributed by atoms with Gasteiger partial charge in [-0.3, -0.25) is 14.0 Å². The zero-order chi connectivity index (χ0) is 24.7. The quantitative estimate of drug-likeness (QED) is 0.405. The molecule has 1 aliphatic heterocycles. The summed E-state index contributed by atoms with van der Waals surface area (Å²) >= 11 is 3.40. The molecule has 0 unspecified atom stereocenters. The third kappa shape index (κ3) is 6.72. The highest BCUT2D eigenvalue weighted by Gasteiger charge is 2.27. The first-order valence-electron chi connectivity index (χ1n) is 11.8. The van der Waals surface area contributed by atoms with Crippen molar-refractivity contribution in [3.8, 4) is 0 Å². The number of nitrogens with zero attached hydrogens (tertiary/aromatic N) is 2. The van der Waals surface area contributed by atoms with Gasteiger partial charge in [0.2, 0.25) is 5.91 Å². The third-order valence-electron chi connectivity index (χ3n) is 6.15. The molecule has 184 valence electrons. The summed E-state index contributed by atoms with van der Waals surface area (Å²) in [6.45, 7) is 3.08. The molecule has 0 spiro atoms. The van der Waals surface area contributed by atoms with Gasteiger partial charge in [0, 0.05) is 17.6 Å². The van der Waals surface area contributed by atoms with E-state index in [1.165, 1.54) is 37.0 Å². The van der Waals surface area contributed by atoms with Gasteiger partial charge in [-0.1, -0.05) is 70.9 Å². The number of piperidine rings is 1. The summed E-state index contributed by atoms with van der Waals surface area (Å²) in [5.74, 6) is -0.364. The molecule has 6 nitrogen and oxygen atoms in total. The molecule has 1 fully saturated rings. The topological polar surface area (TPSA) is 69.7 Å². The molecule has 3 aromatic rings. The maximum absolute atomic E-state index is 13.5. The lowest BCUT2D eigenvalue weighted by Crippen LogP contribution is -2.40. The Morgan fingerprint density at radius 1 is 0.886 bits per heavy atom. The van der Waals surface area contributed by atoms with E-state index in [-0.39, 0.29) is 17.3 Å². The molecule has 0 atom stereocenters. The van der Waals surface area contributed by atoms with Crippen LogP contribution in [0.3, 0.4) is 0 Å². The molecule has 0 aromatic heterocycles.